The van der Waals surface area contributed by atoms with Gasteiger partial charge in [-0.2, -0.15) is 0 Å². The lowest BCUT2D eigenvalue weighted by atomic mass is 10.1. The van der Waals surface area contributed by atoms with Crippen LogP contribution in [0.1, 0.15) is 6.92 Å². The molecule has 0 saturated carbocycles. The number of carbonyl (C=O) groups is 1. The van der Waals surface area contributed by atoms with E-state index in [0.717, 1.165) is 17.0 Å². The van der Waals surface area contributed by atoms with Gasteiger partial charge in [0.25, 0.3) is 5.91 Å². The zero-order chi connectivity index (χ0) is 12.4. The molecular formula is C13H14ClNO2. The van der Waals surface area contributed by atoms with Gasteiger partial charge in [-0.25, -0.2) is 0 Å². The number of halogens is 1. The van der Waals surface area contributed by atoms with Crippen LogP contribution in [0.25, 0.3) is 0 Å². The van der Waals surface area contributed by atoms with Gasteiger partial charge in [0.15, 0.2) is 6.10 Å². The van der Waals surface area contributed by atoms with Gasteiger partial charge in [-0.3, -0.25) is 4.79 Å². The third-order valence-corrected chi connectivity index (χ3v) is 3.02. The summed E-state index contributed by atoms with van der Waals surface area (Å²) in [6.07, 6.45) is -0.465. The molecule has 1 aromatic rings. The van der Waals surface area contributed by atoms with E-state index in [1.165, 1.54) is 0 Å². The van der Waals surface area contributed by atoms with Gasteiger partial charge in [0.1, 0.15) is 5.75 Å². The summed E-state index contributed by atoms with van der Waals surface area (Å²) >= 11 is 5.71. The van der Waals surface area contributed by atoms with Crippen molar-refractivity contribution in [2.24, 2.45) is 0 Å². The predicted octanol–water partition coefficient (Wildman–Crippen LogP) is 2.60. The largest absolute Gasteiger partial charge is 0.479 e. The van der Waals surface area contributed by atoms with Crippen LogP contribution in [0.4, 0.5) is 5.69 Å². The number of nitrogens with zero attached hydrogens (tertiary/aromatic N) is 1. The number of hydrogen-bond acceptors (Lipinski definition) is 2. The first kappa shape index (κ1) is 12.0. The van der Waals surface area contributed by atoms with Crippen molar-refractivity contribution in [1.29, 1.82) is 0 Å². The Bertz CT molecular complexity index is 458. The van der Waals surface area contributed by atoms with Crippen LogP contribution in [0.3, 0.4) is 0 Å². The highest BCUT2D eigenvalue weighted by atomic mass is 35.5. The zero-order valence-corrected chi connectivity index (χ0v) is 10.4. The third kappa shape index (κ3) is 2.29. The Morgan fingerprint density at radius 1 is 1.53 bits per heavy atom. The van der Waals surface area contributed by atoms with E-state index < -0.39 is 6.10 Å². The van der Waals surface area contributed by atoms with Gasteiger partial charge in [-0.1, -0.05) is 18.7 Å². The summed E-state index contributed by atoms with van der Waals surface area (Å²) < 4.78 is 5.54. The number of amides is 1. The number of hydrogen-bond donors (Lipinski definition) is 0. The molecule has 1 aliphatic rings. The topological polar surface area (TPSA) is 29.5 Å². The molecular weight excluding hydrogens is 238 g/mol. The number of rotatable bonds is 3. The van der Waals surface area contributed by atoms with Crippen LogP contribution in [-0.2, 0) is 4.79 Å². The van der Waals surface area contributed by atoms with Crippen LogP contribution in [0.2, 0.25) is 0 Å². The van der Waals surface area contributed by atoms with Gasteiger partial charge < -0.3 is 9.64 Å². The van der Waals surface area contributed by atoms with E-state index in [4.69, 9.17) is 16.3 Å². The molecule has 17 heavy (non-hydrogen) atoms. The second kappa shape index (κ2) is 4.80. The van der Waals surface area contributed by atoms with Gasteiger partial charge in [0, 0.05) is 12.4 Å². The monoisotopic (exact) mass is 251 g/mol. The molecule has 1 amide bonds. The summed E-state index contributed by atoms with van der Waals surface area (Å²) in [4.78, 5) is 13.7. The van der Waals surface area contributed by atoms with Gasteiger partial charge in [0.2, 0.25) is 0 Å². The fourth-order valence-corrected chi connectivity index (χ4v) is 1.87. The molecule has 1 unspecified atom stereocenters. The molecule has 1 aromatic carbocycles. The maximum absolute atomic E-state index is 12.1. The minimum Gasteiger partial charge on any atom is -0.479 e. The maximum atomic E-state index is 12.1. The van der Waals surface area contributed by atoms with E-state index in [1.54, 1.807) is 11.8 Å². The fourth-order valence-electron chi connectivity index (χ4n) is 1.79. The number of benzene rings is 1. The van der Waals surface area contributed by atoms with Crippen molar-refractivity contribution < 1.29 is 9.53 Å². The Morgan fingerprint density at radius 2 is 2.24 bits per heavy atom. The standard InChI is InChI=1S/C13H14ClNO2/c1-9(7-14)8-15-11-5-3-4-6-12(11)17-10(2)13(15)16/h3-6,10H,1,7-8H2,2H3. The number of ether oxygens (including phenoxy) is 1. The molecule has 0 aliphatic carbocycles. The number of para-hydroxylation sites is 2. The molecule has 1 atom stereocenters. The molecule has 1 aliphatic heterocycles. The predicted molar refractivity (Wildman–Crippen MR) is 68.7 cm³/mol. The van der Waals surface area contributed by atoms with E-state index in [2.05, 4.69) is 6.58 Å². The maximum Gasteiger partial charge on any atom is 0.268 e. The smallest absolute Gasteiger partial charge is 0.268 e. The summed E-state index contributed by atoms with van der Waals surface area (Å²) in [5.74, 6) is 1.01. The lowest BCUT2D eigenvalue weighted by Crippen LogP contribution is -2.45. The molecule has 0 saturated heterocycles. The van der Waals surface area contributed by atoms with Crippen molar-refractivity contribution in [3.05, 3.63) is 36.4 Å². The number of alkyl halides is 1. The summed E-state index contributed by atoms with van der Waals surface area (Å²) in [6.45, 7) is 6.02. The Kier molecular flexibility index (Phi) is 3.38. The van der Waals surface area contributed by atoms with Crippen molar-refractivity contribution in [3.63, 3.8) is 0 Å². The average Bonchev–Trinajstić information content (AvgIpc) is 2.34. The summed E-state index contributed by atoms with van der Waals surface area (Å²) in [5, 5.41) is 0. The van der Waals surface area contributed by atoms with Crippen LogP contribution in [0.5, 0.6) is 5.75 Å². The molecule has 90 valence electrons. The summed E-state index contributed by atoms with van der Waals surface area (Å²) in [7, 11) is 0. The number of carbonyl (C=O) groups excluding carboxylic acids is 1. The van der Waals surface area contributed by atoms with E-state index in [1.807, 2.05) is 24.3 Å². The van der Waals surface area contributed by atoms with Crippen molar-refractivity contribution in [3.8, 4) is 5.75 Å². The van der Waals surface area contributed by atoms with Gasteiger partial charge >= 0.3 is 0 Å². The van der Waals surface area contributed by atoms with E-state index >= 15 is 0 Å². The SMILES string of the molecule is C=C(CCl)CN1C(=O)C(C)Oc2ccccc21. The molecule has 0 N–H and O–H groups in total. The van der Waals surface area contributed by atoms with Crippen molar-refractivity contribution in [2.45, 2.75) is 13.0 Å². The van der Waals surface area contributed by atoms with Crippen molar-refractivity contribution in [2.75, 3.05) is 17.3 Å². The first-order chi connectivity index (χ1) is 8.13. The van der Waals surface area contributed by atoms with Gasteiger partial charge in [-0.15, -0.1) is 11.6 Å². The first-order valence-electron chi connectivity index (χ1n) is 5.43. The minimum atomic E-state index is -0.465. The molecule has 0 spiro atoms. The van der Waals surface area contributed by atoms with Gasteiger partial charge in [-0.05, 0) is 24.6 Å². The molecule has 4 heteroatoms. The summed E-state index contributed by atoms with van der Waals surface area (Å²) in [6, 6.07) is 7.48. The lowest BCUT2D eigenvalue weighted by molar-refractivity contribution is -0.125. The molecule has 0 aromatic heterocycles. The Balaban J connectivity index is 2.35. The normalized spacial score (nSPS) is 18.6. The van der Waals surface area contributed by atoms with E-state index in [-0.39, 0.29) is 5.91 Å². The van der Waals surface area contributed by atoms with Crippen LogP contribution >= 0.6 is 11.6 Å². The van der Waals surface area contributed by atoms with Crippen molar-refractivity contribution in [1.82, 2.24) is 0 Å². The molecule has 2 rings (SSSR count). The molecule has 0 bridgehead atoms. The minimum absolute atomic E-state index is 0.0602. The van der Waals surface area contributed by atoms with Crippen LogP contribution in [0, 0.1) is 0 Å². The van der Waals surface area contributed by atoms with Crippen LogP contribution < -0.4 is 9.64 Å². The third-order valence-electron chi connectivity index (χ3n) is 2.64. The Morgan fingerprint density at radius 3 is 2.94 bits per heavy atom. The number of fused-ring (bicyclic) bond motifs is 1. The fraction of sp³-hybridized carbons (Fsp3) is 0.308. The second-order valence-corrected chi connectivity index (χ2v) is 4.30. The summed E-state index contributed by atoms with van der Waals surface area (Å²) in [5.41, 5.74) is 1.59. The quantitative estimate of drug-likeness (QED) is 0.611. The highest BCUT2D eigenvalue weighted by molar-refractivity contribution is 6.19. The zero-order valence-electron chi connectivity index (χ0n) is 9.65. The Labute approximate surface area is 106 Å². The lowest BCUT2D eigenvalue weighted by Gasteiger charge is -2.33. The molecule has 3 nitrogen and oxygen atoms in total. The highest BCUT2D eigenvalue weighted by Gasteiger charge is 2.31. The average molecular weight is 252 g/mol. The van der Waals surface area contributed by atoms with Gasteiger partial charge in [0.05, 0.1) is 5.69 Å². The van der Waals surface area contributed by atoms with E-state index in [9.17, 15) is 4.79 Å². The van der Waals surface area contributed by atoms with Crippen LogP contribution in [-0.4, -0.2) is 24.4 Å². The first-order valence-corrected chi connectivity index (χ1v) is 5.96. The molecule has 0 radical (unpaired) electrons. The Hall–Kier alpha value is -1.48. The van der Waals surface area contributed by atoms with E-state index in [0.29, 0.717) is 12.4 Å². The molecule has 1 heterocycles. The molecule has 0 fully saturated rings. The second-order valence-electron chi connectivity index (χ2n) is 4.04. The van der Waals surface area contributed by atoms with Crippen molar-refractivity contribution >= 4 is 23.2 Å². The van der Waals surface area contributed by atoms with Crippen LogP contribution in [0.15, 0.2) is 36.4 Å². The highest BCUT2D eigenvalue weighted by Crippen LogP contribution is 2.33. The number of anilines is 1.